The van der Waals surface area contributed by atoms with Gasteiger partial charge in [0.25, 0.3) is 0 Å². The Morgan fingerprint density at radius 1 is 0.606 bits per heavy atom. The van der Waals surface area contributed by atoms with Crippen LogP contribution in [0.1, 0.15) is 0 Å². The smallest absolute Gasteiger partial charge is 0.206 e. The van der Waals surface area contributed by atoms with Crippen LogP contribution in [0.25, 0.3) is 38.6 Å². The molecule has 0 unspecified atom stereocenters. The summed E-state index contributed by atoms with van der Waals surface area (Å²) in [4.78, 5) is 0. The molecule has 5 rings (SSSR count). The lowest BCUT2D eigenvalue weighted by Crippen LogP contribution is -2.06. The maximum absolute atomic E-state index is 10.9. The SMILES string of the molecule is [B]c1c(O)c(Br)c2c3c(O)c(O)c(O)c(O)c3n(-c3cccc(-c4ccccc4)c3)c2c1O. The molecule has 0 saturated heterocycles. The minimum Gasteiger partial charge on any atom is -0.507 e. The highest BCUT2D eigenvalue weighted by Crippen LogP contribution is 2.55. The highest BCUT2D eigenvalue weighted by atomic mass is 79.9. The molecule has 6 N–H and O–H groups in total. The zero-order valence-corrected chi connectivity index (χ0v) is 18.4. The average molecular weight is 504 g/mol. The molecule has 0 aliphatic carbocycles. The molecule has 0 saturated carbocycles. The van der Waals surface area contributed by atoms with Gasteiger partial charge in [0, 0.05) is 11.1 Å². The first-order valence-corrected chi connectivity index (χ1v) is 10.5. The van der Waals surface area contributed by atoms with Crippen LogP contribution in [0.15, 0.2) is 59.1 Å². The van der Waals surface area contributed by atoms with Crippen molar-refractivity contribution in [2.24, 2.45) is 0 Å². The van der Waals surface area contributed by atoms with Gasteiger partial charge in [0.1, 0.15) is 24.9 Å². The molecule has 9 heteroatoms. The van der Waals surface area contributed by atoms with Crippen LogP contribution in [-0.2, 0) is 0 Å². The number of fused-ring (bicyclic) bond motifs is 3. The predicted octanol–water partition coefficient (Wildman–Crippen LogP) is 4.24. The van der Waals surface area contributed by atoms with Crippen LogP contribution in [-0.4, -0.2) is 43.1 Å². The van der Waals surface area contributed by atoms with Crippen molar-refractivity contribution in [3.05, 3.63) is 59.1 Å². The van der Waals surface area contributed by atoms with Crippen LogP contribution in [0, 0.1) is 0 Å². The van der Waals surface area contributed by atoms with Gasteiger partial charge in [-0.15, -0.1) is 0 Å². The molecule has 7 nitrogen and oxygen atoms in total. The summed E-state index contributed by atoms with van der Waals surface area (Å²) in [6, 6.07) is 16.6. The van der Waals surface area contributed by atoms with E-state index in [1.54, 1.807) is 18.2 Å². The van der Waals surface area contributed by atoms with Crippen molar-refractivity contribution in [2.45, 2.75) is 0 Å². The number of hydrogen-bond donors (Lipinski definition) is 6. The van der Waals surface area contributed by atoms with Crippen LogP contribution in [0.5, 0.6) is 34.5 Å². The Labute approximate surface area is 196 Å². The quantitative estimate of drug-likeness (QED) is 0.121. The van der Waals surface area contributed by atoms with E-state index in [9.17, 15) is 30.6 Å². The fraction of sp³-hybridized carbons (Fsp3) is 0. The molecule has 0 amide bonds. The summed E-state index contributed by atoms with van der Waals surface area (Å²) < 4.78 is 1.41. The first kappa shape index (κ1) is 20.9. The van der Waals surface area contributed by atoms with E-state index in [1.165, 1.54) is 4.57 Å². The summed E-state index contributed by atoms with van der Waals surface area (Å²) >= 11 is 3.23. The van der Waals surface area contributed by atoms with E-state index in [1.807, 2.05) is 36.4 Å². The Bertz CT molecular complexity index is 1520. The van der Waals surface area contributed by atoms with Crippen LogP contribution in [0.3, 0.4) is 0 Å². The molecular formula is C24H15BBrNO6. The highest BCUT2D eigenvalue weighted by Gasteiger charge is 2.30. The zero-order chi connectivity index (χ0) is 23.6. The van der Waals surface area contributed by atoms with E-state index in [0.717, 1.165) is 11.1 Å². The minimum absolute atomic E-state index is 0.0237. The Hall–Kier alpha value is -3.98. The highest BCUT2D eigenvalue weighted by molar-refractivity contribution is 9.10. The Morgan fingerprint density at radius 2 is 1.21 bits per heavy atom. The van der Waals surface area contributed by atoms with E-state index < -0.39 is 34.5 Å². The molecule has 0 spiro atoms. The maximum atomic E-state index is 10.9. The number of hydrogen-bond acceptors (Lipinski definition) is 6. The lowest BCUT2D eigenvalue weighted by atomic mass is 9.92. The van der Waals surface area contributed by atoms with E-state index in [2.05, 4.69) is 15.9 Å². The average Bonchev–Trinajstić information content (AvgIpc) is 3.20. The number of aromatic nitrogens is 1. The number of phenols is 6. The molecule has 0 fully saturated rings. The fourth-order valence-electron chi connectivity index (χ4n) is 4.11. The molecule has 2 radical (unpaired) electrons. The summed E-state index contributed by atoms with van der Waals surface area (Å²) in [5.74, 6) is -4.34. The fourth-order valence-corrected chi connectivity index (χ4v) is 4.71. The molecule has 0 atom stereocenters. The summed E-state index contributed by atoms with van der Waals surface area (Å²) in [5, 5.41) is 63.1. The van der Waals surface area contributed by atoms with Gasteiger partial charge in [-0.05, 0) is 44.7 Å². The second-order valence-electron chi connectivity index (χ2n) is 7.52. The van der Waals surface area contributed by atoms with Gasteiger partial charge in [-0.25, -0.2) is 0 Å². The van der Waals surface area contributed by atoms with Gasteiger partial charge in [0.2, 0.25) is 11.5 Å². The summed E-state index contributed by atoms with van der Waals surface area (Å²) in [6.45, 7) is 0. The van der Waals surface area contributed by atoms with E-state index in [4.69, 9.17) is 7.85 Å². The zero-order valence-electron chi connectivity index (χ0n) is 16.8. The molecule has 0 aliphatic rings. The van der Waals surface area contributed by atoms with Gasteiger partial charge in [-0.1, -0.05) is 42.5 Å². The number of benzene rings is 4. The van der Waals surface area contributed by atoms with Gasteiger partial charge in [0.15, 0.2) is 11.5 Å². The third-order valence-electron chi connectivity index (χ3n) is 5.68. The molecule has 162 valence electrons. The number of phenolic OH excluding ortho intramolecular Hbond substituents is 6. The first-order chi connectivity index (χ1) is 15.7. The number of aromatic hydroxyl groups is 6. The summed E-state index contributed by atoms with van der Waals surface area (Å²) in [6.07, 6.45) is 0. The van der Waals surface area contributed by atoms with Gasteiger partial charge >= 0.3 is 0 Å². The molecule has 4 aromatic carbocycles. The van der Waals surface area contributed by atoms with Crippen LogP contribution < -0.4 is 5.46 Å². The lowest BCUT2D eigenvalue weighted by molar-refractivity contribution is 0.350. The third kappa shape index (κ3) is 2.82. The van der Waals surface area contributed by atoms with Crippen molar-refractivity contribution in [2.75, 3.05) is 0 Å². The Morgan fingerprint density at radius 3 is 1.91 bits per heavy atom. The Balaban J connectivity index is 2.02. The number of halogens is 1. The van der Waals surface area contributed by atoms with Crippen molar-refractivity contribution in [1.29, 1.82) is 0 Å². The maximum Gasteiger partial charge on any atom is 0.206 e. The molecule has 1 aromatic heterocycles. The second kappa shape index (κ2) is 7.28. The van der Waals surface area contributed by atoms with Crippen molar-refractivity contribution >= 4 is 51.0 Å². The largest absolute Gasteiger partial charge is 0.507 e. The van der Waals surface area contributed by atoms with Gasteiger partial charge in [0.05, 0.1) is 15.4 Å². The van der Waals surface area contributed by atoms with Crippen LogP contribution in [0.2, 0.25) is 0 Å². The monoisotopic (exact) mass is 503 g/mol. The van der Waals surface area contributed by atoms with E-state index in [0.29, 0.717) is 5.69 Å². The van der Waals surface area contributed by atoms with Crippen molar-refractivity contribution < 1.29 is 30.6 Å². The minimum atomic E-state index is -0.945. The standard InChI is InChI=1S/C24H15BBrNO6/c25-15-20(29)16(26)13-14-18(22(31)24(33)23(32)19(14)28)27(17(13)21(15)30)12-8-4-7-11(9-12)10-5-2-1-3-6-10/h1-9,28-33H. The second-order valence-corrected chi connectivity index (χ2v) is 8.31. The third-order valence-corrected chi connectivity index (χ3v) is 6.45. The van der Waals surface area contributed by atoms with E-state index in [-0.39, 0.29) is 31.7 Å². The van der Waals surface area contributed by atoms with Gasteiger partial charge in [-0.2, -0.15) is 0 Å². The number of nitrogens with zero attached hydrogens (tertiary/aromatic N) is 1. The normalized spacial score (nSPS) is 11.4. The van der Waals surface area contributed by atoms with Crippen LogP contribution in [0.4, 0.5) is 0 Å². The predicted molar refractivity (Wildman–Crippen MR) is 129 cm³/mol. The summed E-state index contributed by atoms with van der Waals surface area (Å²) in [7, 11) is 5.91. The molecule has 33 heavy (non-hydrogen) atoms. The molecular weight excluding hydrogens is 489 g/mol. The molecule has 0 bridgehead atoms. The molecule has 0 aliphatic heterocycles. The lowest BCUT2D eigenvalue weighted by Gasteiger charge is -2.14. The Kier molecular flexibility index (Phi) is 4.61. The summed E-state index contributed by atoms with van der Waals surface area (Å²) in [5.41, 5.74) is 1.78. The van der Waals surface area contributed by atoms with Gasteiger partial charge < -0.3 is 35.2 Å². The molecule has 5 aromatic rings. The topological polar surface area (TPSA) is 126 Å². The van der Waals surface area contributed by atoms with E-state index >= 15 is 0 Å². The van der Waals surface area contributed by atoms with Crippen molar-refractivity contribution in [3.8, 4) is 51.3 Å². The van der Waals surface area contributed by atoms with Gasteiger partial charge in [-0.3, -0.25) is 0 Å². The van der Waals surface area contributed by atoms with Crippen LogP contribution >= 0.6 is 15.9 Å². The van der Waals surface area contributed by atoms with Crippen molar-refractivity contribution in [3.63, 3.8) is 0 Å². The number of rotatable bonds is 2. The molecule has 1 heterocycles. The first-order valence-electron chi connectivity index (χ1n) is 9.72. The van der Waals surface area contributed by atoms with Crippen molar-refractivity contribution in [1.82, 2.24) is 4.57 Å².